The quantitative estimate of drug-likeness (QED) is 0.228. The van der Waals surface area contributed by atoms with Gasteiger partial charge in [-0.15, -0.1) is 0 Å². The fourth-order valence-corrected chi connectivity index (χ4v) is 5.00. The highest BCUT2D eigenvalue weighted by Gasteiger charge is 2.28. The standard InChI is InChI=1S/C34H38N2O2/c1-27(2)30-13-15-31(16-14-30)36-22-21-35(23-28-9-5-3-6-10-28)24-32(36)26-38-34-19-17-33(18-20-34)37-25-29-11-7-4-8-12-29/h3-20,27,32H,21-26H2,1-2H3. The molecule has 0 N–H and O–H groups in total. The normalized spacial score (nSPS) is 16.0. The van der Waals surface area contributed by atoms with Crippen LogP contribution in [0.25, 0.3) is 0 Å². The Labute approximate surface area is 227 Å². The van der Waals surface area contributed by atoms with Gasteiger partial charge in [0.25, 0.3) is 0 Å². The van der Waals surface area contributed by atoms with Gasteiger partial charge in [-0.3, -0.25) is 4.90 Å². The molecule has 1 unspecified atom stereocenters. The maximum atomic E-state index is 6.35. The highest BCUT2D eigenvalue weighted by Crippen LogP contribution is 2.26. The number of rotatable bonds is 10. The van der Waals surface area contributed by atoms with Crippen molar-refractivity contribution in [1.29, 1.82) is 0 Å². The Kier molecular flexibility index (Phi) is 8.62. The molecule has 1 aliphatic heterocycles. The van der Waals surface area contributed by atoms with E-state index in [1.165, 1.54) is 16.8 Å². The van der Waals surface area contributed by atoms with Crippen LogP contribution in [0.4, 0.5) is 5.69 Å². The molecule has 0 bridgehead atoms. The van der Waals surface area contributed by atoms with Crippen LogP contribution in [0.1, 0.15) is 36.5 Å². The molecular formula is C34H38N2O2. The third kappa shape index (κ3) is 6.96. The van der Waals surface area contributed by atoms with Gasteiger partial charge >= 0.3 is 0 Å². The van der Waals surface area contributed by atoms with Crippen LogP contribution in [-0.2, 0) is 13.2 Å². The third-order valence-electron chi connectivity index (χ3n) is 7.22. The third-order valence-corrected chi connectivity index (χ3v) is 7.22. The van der Waals surface area contributed by atoms with Gasteiger partial charge in [0.05, 0.1) is 6.04 Å². The fourth-order valence-electron chi connectivity index (χ4n) is 5.00. The second-order valence-electron chi connectivity index (χ2n) is 10.4. The van der Waals surface area contributed by atoms with Crippen molar-refractivity contribution >= 4 is 5.69 Å². The largest absolute Gasteiger partial charge is 0.491 e. The van der Waals surface area contributed by atoms with E-state index in [2.05, 4.69) is 90.4 Å². The van der Waals surface area contributed by atoms with Crippen molar-refractivity contribution in [3.8, 4) is 11.5 Å². The SMILES string of the molecule is CC(C)c1ccc(N2CCN(Cc3ccccc3)CC2COc2ccc(OCc3ccccc3)cc2)cc1. The number of hydrogen-bond acceptors (Lipinski definition) is 4. The fraction of sp³-hybridized carbons (Fsp3) is 0.294. The summed E-state index contributed by atoms with van der Waals surface area (Å²) in [5.74, 6) is 2.25. The molecular weight excluding hydrogens is 468 g/mol. The van der Waals surface area contributed by atoms with Crippen LogP contribution in [0.2, 0.25) is 0 Å². The van der Waals surface area contributed by atoms with Crippen LogP contribution >= 0.6 is 0 Å². The summed E-state index contributed by atoms with van der Waals surface area (Å²) in [6, 6.07) is 38.3. The Balaban J connectivity index is 1.24. The molecule has 38 heavy (non-hydrogen) atoms. The van der Waals surface area contributed by atoms with Crippen molar-refractivity contribution in [2.75, 3.05) is 31.1 Å². The zero-order valence-corrected chi connectivity index (χ0v) is 22.5. The molecule has 4 aromatic carbocycles. The highest BCUT2D eigenvalue weighted by atomic mass is 16.5. The van der Waals surface area contributed by atoms with Gasteiger partial charge in [-0.25, -0.2) is 0 Å². The number of anilines is 1. The zero-order valence-electron chi connectivity index (χ0n) is 22.5. The van der Waals surface area contributed by atoms with E-state index in [1.807, 2.05) is 42.5 Å². The number of piperazine rings is 1. The van der Waals surface area contributed by atoms with E-state index in [9.17, 15) is 0 Å². The zero-order chi connectivity index (χ0) is 26.2. The molecule has 4 nitrogen and oxygen atoms in total. The van der Waals surface area contributed by atoms with Gasteiger partial charge in [-0.2, -0.15) is 0 Å². The van der Waals surface area contributed by atoms with Crippen molar-refractivity contribution in [3.63, 3.8) is 0 Å². The molecule has 1 fully saturated rings. The van der Waals surface area contributed by atoms with E-state index in [1.54, 1.807) is 0 Å². The first-order chi connectivity index (χ1) is 18.6. The molecule has 0 aliphatic carbocycles. The van der Waals surface area contributed by atoms with Crippen LogP contribution < -0.4 is 14.4 Å². The van der Waals surface area contributed by atoms with E-state index in [0.29, 0.717) is 19.1 Å². The summed E-state index contributed by atoms with van der Waals surface area (Å²) in [4.78, 5) is 5.06. The average molecular weight is 507 g/mol. The van der Waals surface area contributed by atoms with E-state index >= 15 is 0 Å². The van der Waals surface area contributed by atoms with Gasteiger partial charge in [0.1, 0.15) is 24.7 Å². The summed E-state index contributed by atoms with van der Waals surface area (Å²) in [5, 5.41) is 0. The molecule has 0 spiro atoms. The van der Waals surface area contributed by atoms with Crippen molar-refractivity contribution in [2.24, 2.45) is 0 Å². The molecule has 1 aliphatic rings. The van der Waals surface area contributed by atoms with E-state index < -0.39 is 0 Å². The van der Waals surface area contributed by atoms with Crippen LogP contribution in [0.5, 0.6) is 11.5 Å². The summed E-state index contributed by atoms with van der Waals surface area (Å²) in [6.07, 6.45) is 0. The minimum absolute atomic E-state index is 0.256. The molecule has 5 rings (SSSR count). The summed E-state index contributed by atoms with van der Waals surface area (Å²) in [5.41, 5.74) is 5.16. The van der Waals surface area contributed by atoms with Gasteiger partial charge < -0.3 is 14.4 Å². The van der Waals surface area contributed by atoms with Crippen LogP contribution in [0.3, 0.4) is 0 Å². The van der Waals surface area contributed by atoms with E-state index in [0.717, 1.165) is 43.2 Å². The average Bonchev–Trinajstić information content (AvgIpc) is 2.97. The molecule has 196 valence electrons. The second-order valence-corrected chi connectivity index (χ2v) is 10.4. The smallest absolute Gasteiger partial charge is 0.120 e. The lowest BCUT2D eigenvalue weighted by Gasteiger charge is -2.42. The molecule has 4 heteroatoms. The van der Waals surface area contributed by atoms with Crippen LogP contribution in [-0.4, -0.2) is 37.2 Å². The second kappa shape index (κ2) is 12.7. The molecule has 1 atom stereocenters. The lowest BCUT2D eigenvalue weighted by atomic mass is 10.0. The number of hydrogen-bond donors (Lipinski definition) is 0. The maximum Gasteiger partial charge on any atom is 0.120 e. The monoisotopic (exact) mass is 506 g/mol. The predicted molar refractivity (Wildman–Crippen MR) is 156 cm³/mol. The van der Waals surface area contributed by atoms with Crippen molar-refractivity contribution in [2.45, 2.75) is 39.0 Å². The van der Waals surface area contributed by atoms with Gasteiger partial charge in [-0.1, -0.05) is 86.6 Å². The van der Waals surface area contributed by atoms with Gasteiger partial charge in [0.2, 0.25) is 0 Å². The van der Waals surface area contributed by atoms with E-state index in [-0.39, 0.29) is 6.04 Å². The van der Waals surface area contributed by atoms with Crippen LogP contribution in [0, 0.1) is 0 Å². The Bertz CT molecular complexity index is 1240. The summed E-state index contributed by atoms with van der Waals surface area (Å²) in [7, 11) is 0. The van der Waals surface area contributed by atoms with Crippen LogP contribution in [0.15, 0.2) is 109 Å². The maximum absolute atomic E-state index is 6.35. The first-order valence-electron chi connectivity index (χ1n) is 13.7. The Morgan fingerprint density at radius 2 is 1.29 bits per heavy atom. The van der Waals surface area contributed by atoms with E-state index in [4.69, 9.17) is 9.47 Å². The first kappa shape index (κ1) is 25.9. The highest BCUT2D eigenvalue weighted by molar-refractivity contribution is 5.50. The Morgan fingerprint density at radius 3 is 1.92 bits per heavy atom. The van der Waals surface area contributed by atoms with Crippen molar-refractivity contribution < 1.29 is 9.47 Å². The molecule has 0 radical (unpaired) electrons. The number of ether oxygens (including phenoxy) is 2. The van der Waals surface area contributed by atoms with Crippen molar-refractivity contribution in [3.05, 3.63) is 126 Å². The molecule has 4 aromatic rings. The minimum Gasteiger partial charge on any atom is -0.491 e. The summed E-state index contributed by atoms with van der Waals surface area (Å²) < 4.78 is 12.3. The Morgan fingerprint density at radius 1 is 0.684 bits per heavy atom. The molecule has 0 saturated carbocycles. The van der Waals surface area contributed by atoms with Gasteiger partial charge in [0, 0.05) is 31.9 Å². The minimum atomic E-state index is 0.256. The molecule has 0 amide bonds. The number of nitrogens with zero attached hydrogens (tertiary/aromatic N) is 2. The first-order valence-corrected chi connectivity index (χ1v) is 13.7. The summed E-state index contributed by atoms with van der Waals surface area (Å²) >= 11 is 0. The topological polar surface area (TPSA) is 24.9 Å². The Hall–Kier alpha value is -3.76. The molecule has 0 aromatic heterocycles. The lowest BCUT2D eigenvalue weighted by Crippen LogP contribution is -2.55. The summed E-state index contributed by atoms with van der Waals surface area (Å²) in [6.45, 7) is 9.60. The van der Waals surface area contributed by atoms with Crippen molar-refractivity contribution in [1.82, 2.24) is 4.90 Å². The molecule has 1 heterocycles. The van der Waals surface area contributed by atoms with Gasteiger partial charge in [0.15, 0.2) is 0 Å². The molecule has 1 saturated heterocycles. The van der Waals surface area contributed by atoms with Gasteiger partial charge in [-0.05, 0) is 59.0 Å². The number of benzene rings is 4. The predicted octanol–water partition coefficient (Wildman–Crippen LogP) is 7.16. The lowest BCUT2D eigenvalue weighted by molar-refractivity contribution is 0.174.